The minimum Gasteiger partial charge on any atom is -0.444 e. The Bertz CT molecular complexity index is 741. The van der Waals surface area contributed by atoms with Gasteiger partial charge < -0.3 is 4.74 Å². The van der Waals surface area contributed by atoms with Crippen LogP contribution in [0.2, 0.25) is 5.02 Å². The van der Waals surface area contributed by atoms with E-state index in [4.69, 9.17) is 21.3 Å². The summed E-state index contributed by atoms with van der Waals surface area (Å²) >= 11 is 7.81. The maximum atomic E-state index is 12.1. The van der Waals surface area contributed by atoms with Gasteiger partial charge in [0.1, 0.15) is 10.6 Å². The summed E-state index contributed by atoms with van der Waals surface area (Å²) < 4.78 is 5.42. The summed E-state index contributed by atoms with van der Waals surface area (Å²) in [6.07, 6.45) is -0.289. The summed E-state index contributed by atoms with van der Waals surface area (Å²) in [4.78, 5) is 19.7. The lowest BCUT2D eigenvalue weighted by atomic mass is 10.1. The topological polar surface area (TPSA) is 42.4 Å². The van der Waals surface area contributed by atoms with Crippen molar-refractivity contribution in [3.63, 3.8) is 0 Å². The van der Waals surface area contributed by atoms with Crippen molar-refractivity contribution >= 4 is 29.0 Å². The van der Waals surface area contributed by atoms with Gasteiger partial charge in [-0.2, -0.15) is 0 Å². The van der Waals surface area contributed by atoms with Gasteiger partial charge in [0.05, 0.1) is 18.8 Å². The van der Waals surface area contributed by atoms with Gasteiger partial charge in [-0.05, 0) is 39.3 Å². The van der Waals surface area contributed by atoms with Gasteiger partial charge in [-0.1, -0.05) is 23.7 Å². The highest BCUT2D eigenvalue weighted by Crippen LogP contribution is 2.36. The van der Waals surface area contributed by atoms with Gasteiger partial charge in [-0.25, -0.2) is 9.78 Å². The van der Waals surface area contributed by atoms with E-state index in [0.29, 0.717) is 13.1 Å². The molecule has 2 aromatic rings. The van der Waals surface area contributed by atoms with Crippen molar-refractivity contribution in [3.8, 4) is 10.6 Å². The zero-order valence-corrected chi connectivity index (χ0v) is 15.2. The van der Waals surface area contributed by atoms with Crippen molar-refractivity contribution in [2.75, 3.05) is 0 Å². The van der Waals surface area contributed by atoms with Gasteiger partial charge in [0.15, 0.2) is 0 Å². The summed E-state index contributed by atoms with van der Waals surface area (Å²) in [5.74, 6) is 0. The first-order valence-corrected chi connectivity index (χ1v) is 8.66. The molecular formula is C17H19ClN2O2S. The second kappa shape index (κ2) is 5.80. The van der Waals surface area contributed by atoms with Crippen molar-refractivity contribution in [2.24, 2.45) is 0 Å². The second-order valence-electron chi connectivity index (χ2n) is 6.64. The van der Waals surface area contributed by atoms with E-state index in [-0.39, 0.29) is 6.09 Å². The van der Waals surface area contributed by atoms with E-state index >= 15 is 0 Å². The number of fused-ring (bicyclic) bond motifs is 1. The second-order valence-corrected chi connectivity index (χ2v) is 8.13. The number of halogens is 1. The molecule has 1 aliphatic rings. The SMILES string of the molecule is Cc1c(Cl)cccc1-c1nc2c(s1)CN(C(=O)OC(C)(C)C)C2. The van der Waals surface area contributed by atoms with Gasteiger partial charge in [0, 0.05) is 15.5 Å². The highest BCUT2D eigenvalue weighted by atomic mass is 35.5. The molecule has 122 valence electrons. The Balaban J connectivity index is 1.79. The summed E-state index contributed by atoms with van der Waals surface area (Å²) in [6, 6.07) is 5.84. The summed E-state index contributed by atoms with van der Waals surface area (Å²) in [5, 5.41) is 1.70. The fourth-order valence-electron chi connectivity index (χ4n) is 2.45. The first-order valence-electron chi connectivity index (χ1n) is 7.46. The summed E-state index contributed by atoms with van der Waals surface area (Å²) in [7, 11) is 0. The Labute approximate surface area is 145 Å². The smallest absolute Gasteiger partial charge is 0.410 e. The largest absolute Gasteiger partial charge is 0.444 e. The van der Waals surface area contributed by atoms with Crippen LogP contribution in [0.4, 0.5) is 4.79 Å². The molecule has 0 saturated heterocycles. The van der Waals surface area contributed by atoms with Crippen LogP contribution < -0.4 is 0 Å². The fourth-order valence-corrected chi connectivity index (χ4v) is 3.79. The maximum absolute atomic E-state index is 12.1. The number of nitrogens with zero attached hydrogens (tertiary/aromatic N) is 2. The molecule has 3 rings (SSSR count). The zero-order valence-electron chi connectivity index (χ0n) is 13.6. The van der Waals surface area contributed by atoms with Crippen molar-refractivity contribution < 1.29 is 9.53 Å². The lowest BCUT2D eigenvalue weighted by Crippen LogP contribution is -2.33. The lowest BCUT2D eigenvalue weighted by molar-refractivity contribution is 0.0241. The monoisotopic (exact) mass is 350 g/mol. The zero-order chi connectivity index (χ0) is 16.8. The highest BCUT2D eigenvalue weighted by molar-refractivity contribution is 7.15. The molecule has 0 saturated carbocycles. The van der Waals surface area contributed by atoms with Crippen molar-refractivity contribution in [1.82, 2.24) is 9.88 Å². The highest BCUT2D eigenvalue weighted by Gasteiger charge is 2.30. The van der Waals surface area contributed by atoms with Crippen LogP contribution in [0.5, 0.6) is 0 Å². The van der Waals surface area contributed by atoms with Crippen LogP contribution in [0.15, 0.2) is 18.2 Å². The number of aromatic nitrogens is 1. The number of ether oxygens (including phenoxy) is 1. The first kappa shape index (κ1) is 16.3. The molecule has 0 unspecified atom stereocenters. The van der Waals surface area contributed by atoms with Crippen molar-refractivity contribution in [1.29, 1.82) is 0 Å². The molecule has 0 N–H and O–H groups in total. The molecule has 1 aromatic carbocycles. The van der Waals surface area contributed by atoms with Crippen LogP contribution in [-0.4, -0.2) is 21.6 Å². The Morgan fingerprint density at radius 2 is 2.09 bits per heavy atom. The Kier molecular flexibility index (Phi) is 4.10. The molecule has 0 atom stereocenters. The third-order valence-corrected chi connectivity index (χ3v) is 5.13. The molecule has 0 spiro atoms. The molecule has 1 aromatic heterocycles. The first-order chi connectivity index (χ1) is 10.7. The number of hydrogen-bond donors (Lipinski definition) is 0. The third-order valence-electron chi connectivity index (χ3n) is 3.60. The molecule has 1 amide bonds. The van der Waals surface area contributed by atoms with Gasteiger partial charge in [0.2, 0.25) is 0 Å². The van der Waals surface area contributed by atoms with Crippen LogP contribution in [0.3, 0.4) is 0 Å². The van der Waals surface area contributed by atoms with Crippen LogP contribution in [-0.2, 0) is 17.8 Å². The third kappa shape index (κ3) is 3.35. The molecule has 2 heterocycles. The lowest BCUT2D eigenvalue weighted by Gasteiger charge is -2.24. The quantitative estimate of drug-likeness (QED) is 0.725. The van der Waals surface area contributed by atoms with E-state index in [1.54, 1.807) is 16.2 Å². The van der Waals surface area contributed by atoms with E-state index in [2.05, 4.69) is 0 Å². The standard InChI is InChI=1S/C17H19ClN2O2S/c1-10-11(6-5-7-12(10)18)15-19-13-8-20(9-14(13)23-15)16(21)22-17(2,3)4/h5-7H,8-9H2,1-4H3. The number of rotatable bonds is 1. The Morgan fingerprint density at radius 3 is 2.74 bits per heavy atom. The number of benzene rings is 1. The maximum Gasteiger partial charge on any atom is 0.410 e. The van der Waals surface area contributed by atoms with Crippen LogP contribution >= 0.6 is 22.9 Å². The Morgan fingerprint density at radius 1 is 1.35 bits per heavy atom. The van der Waals surface area contributed by atoms with E-state index in [1.165, 1.54) is 0 Å². The van der Waals surface area contributed by atoms with Gasteiger partial charge in [-0.3, -0.25) is 4.90 Å². The van der Waals surface area contributed by atoms with Gasteiger partial charge in [0.25, 0.3) is 0 Å². The number of carbonyl (C=O) groups excluding carboxylic acids is 1. The molecule has 0 aliphatic carbocycles. The molecule has 0 fully saturated rings. The number of hydrogen-bond acceptors (Lipinski definition) is 4. The molecule has 0 radical (unpaired) electrons. The van der Waals surface area contributed by atoms with Crippen LogP contribution in [0, 0.1) is 6.92 Å². The van der Waals surface area contributed by atoms with Gasteiger partial charge >= 0.3 is 6.09 Å². The van der Waals surface area contributed by atoms with Gasteiger partial charge in [-0.15, -0.1) is 11.3 Å². The van der Waals surface area contributed by atoms with E-state index in [1.807, 2.05) is 45.9 Å². The van der Waals surface area contributed by atoms with E-state index in [0.717, 1.165) is 31.7 Å². The molecule has 6 heteroatoms. The van der Waals surface area contributed by atoms with Crippen molar-refractivity contribution in [3.05, 3.63) is 39.4 Å². The van der Waals surface area contributed by atoms with E-state index in [9.17, 15) is 4.79 Å². The minimum atomic E-state index is -0.483. The Hall–Kier alpha value is -1.59. The van der Waals surface area contributed by atoms with Crippen LogP contribution in [0.1, 0.15) is 36.9 Å². The average Bonchev–Trinajstić information content (AvgIpc) is 2.98. The van der Waals surface area contributed by atoms with Crippen LogP contribution in [0.25, 0.3) is 10.6 Å². The number of carbonyl (C=O) groups is 1. The normalized spacial score (nSPS) is 14.0. The average molecular weight is 351 g/mol. The molecule has 23 heavy (non-hydrogen) atoms. The van der Waals surface area contributed by atoms with Crippen molar-refractivity contribution in [2.45, 2.75) is 46.4 Å². The fraction of sp³-hybridized carbons (Fsp3) is 0.412. The van der Waals surface area contributed by atoms with E-state index < -0.39 is 5.60 Å². The number of amides is 1. The number of thiazole rings is 1. The molecule has 0 bridgehead atoms. The predicted molar refractivity (Wildman–Crippen MR) is 92.8 cm³/mol. The molecule has 4 nitrogen and oxygen atoms in total. The minimum absolute atomic E-state index is 0.289. The molecular weight excluding hydrogens is 332 g/mol. The summed E-state index contributed by atoms with van der Waals surface area (Å²) in [5.41, 5.74) is 2.56. The molecule has 1 aliphatic heterocycles. The summed E-state index contributed by atoms with van der Waals surface area (Å²) in [6.45, 7) is 8.66. The predicted octanol–water partition coefficient (Wildman–Crippen LogP) is 5.02.